The normalized spacial score (nSPS) is 10.8. The highest BCUT2D eigenvalue weighted by molar-refractivity contribution is 7.11. The highest BCUT2D eigenvalue weighted by Crippen LogP contribution is 2.19. The van der Waals surface area contributed by atoms with E-state index in [1.165, 1.54) is 4.88 Å². The van der Waals surface area contributed by atoms with Crippen LogP contribution in [-0.4, -0.2) is 34.2 Å². The van der Waals surface area contributed by atoms with E-state index in [4.69, 9.17) is 0 Å². The van der Waals surface area contributed by atoms with Gasteiger partial charge in [-0.15, -0.1) is 11.3 Å². The van der Waals surface area contributed by atoms with Crippen molar-refractivity contribution in [3.05, 3.63) is 93.7 Å². The molecule has 0 fully saturated rings. The summed E-state index contributed by atoms with van der Waals surface area (Å²) in [4.78, 5) is 32.3. The summed E-state index contributed by atoms with van der Waals surface area (Å²) in [5.41, 5.74) is 2.04. The zero-order chi connectivity index (χ0) is 22.2. The molecule has 0 bridgehead atoms. The summed E-state index contributed by atoms with van der Waals surface area (Å²) < 4.78 is 0. The number of nitrogens with zero attached hydrogens (tertiary/aromatic N) is 2. The van der Waals surface area contributed by atoms with Crippen molar-refractivity contribution in [3.8, 4) is 0 Å². The molecule has 3 aromatic rings. The number of thiophene rings is 1. The molecule has 0 saturated heterocycles. The van der Waals surface area contributed by atoms with Crippen LogP contribution in [0.2, 0.25) is 0 Å². The third-order valence-electron chi connectivity index (χ3n) is 5.16. The first-order valence-corrected chi connectivity index (χ1v) is 11.4. The first-order valence-electron chi connectivity index (χ1n) is 10.6. The Bertz CT molecular complexity index is 983. The van der Waals surface area contributed by atoms with E-state index in [2.05, 4.69) is 19.1 Å². The Morgan fingerprint density at radius 3 is 1.97 bits per heavy atom. The Labute approximate surface area is 189 Å². The van der Waals surface area contributed by atoms with Crippen LogP contribution in [0.3, 0.4) is 0 Å². The van der Waals surface area contributed by atoms with E-state index in [1.54, 1.807) is 16.2 Å². The summed E-state index contributed by atoms with van der Waals surface area (Å²) in [5, 5.41) is 0. The van der Waals surface area contributed by atoms with Gasteiger partial charge in [0.2, 0.25) is 11.8 Å². The molecule has 0 aliphatic carbocycles. The van der Waals surface area contributed by atoms with Crippen molar-refractivity contribution in [1.82, 2.24) is 9.80 Å². The molecule has 1 aromatic heterocycles. The van der Waals surface area contributed by atoms with Crippen LogP contribution in [0, 0.1) is 6.92 Å². The first-order chi connectivity index (χ1) is 14.9. The Balaban J connectivity index is 1.75. The van der Waals surface area contributed by atoms with Crippen molar-refractivity contribution in [2.45, 2.75) is 46.3 Å². The first kappa shape index (κ1) is 22.8. The number of carbonyl (C=O) groups is 2. The molecule has 4 nitrogen and oxygen atoms in total. The molecule has 0 atom stereocenters. The largest absolute Gasteiger partial charge is 0.332 e. The predicted molar refractivity (Wildman–Crippen MR) is 127 cm³/mol. The van der Waals surface area contributed by atoms with E-state index in [0.717, 1.165) is 16.0 Å². The van der Waals surface area contributed by atoms with Crippen LogP contribution in [0.25, 0.3) is 0 Å². The van der Waals surface area contributed by atoms with Gasteiger partial charge in [-0.05, 0) is 44.0 Å². The summed E-state index contributed by atoms with van der Waals surface area (Å²) in [6, 6.07) is 23.8. The van der Waals surface area contributed by atoms with Gasteiger partial charge in [-0.2, -0.15) is 0 Å². The number of carbonyl (C=O) groups excluding carboxylic acids is 2. The van der Waals surface area contributed by atoms with Crippen molar-refractivity contribution in [3.63, 3.8) is 0 Å². The lowest BCUT2D eigenvalue weighted by atomic mass is 10.1. The minimum Gasteiger partial charge on any atom is -0.332 e. The van der Waals surface area contributed by atoms with E-state index in [0.29, 0.717) is 19.5 Å². The molecule has 1 heterocycles. The van der Waals surface area contributed by atoms with E-state index in [1.807, 2.05) is 79.4 Å². The molecule has 31 heavy (non-hydrogen) atoms. The lowest BCUT2D eigenvalue weighted by Crippen LogP contribution is -2.46. The van der Waals surface area contributed by atoms with Crippen LogP contribution in [0.1, 0.15) is 34.7 Å². The van der Waals surface area contributed by atoms with E-state index >= 15 is 0 Å². The second-order valence-corrected chi connectivity index (χ2v) is 9.40. The van der Waals surface area contributed by atoms with Crippen molar-refractivity contribution in [2.24, 2.45) is 0 Å². The lowest BCUT2D eigenvalue weighted by molar-refractivity contribution is -0.142. The molecule has 0 spiro atoms. The van der Waals surface area contributed by atoms with Crippen LogP contribution in [0.5, 0.6) is 0 Å². The Morgan fingerprint density at radius 2 is 1.42 bits per heavy atom. The van der Waals surface area contributed by atoms with Gasteiger partial charge in [-0.3, -0.25) is 9.59 Å². The number of benzene rings is 2. The highest BCUT2D eigenvalue weighted by atomic mass is 32.1. The van der Waals surface area contributed by atoms with Gasteiger partial charge in [0.05, 0.1) is 13.0 Å². The van der Waals surface area contributed by atoms with Gasteiger partial charge < -0.3 is 9.80 Å². The topological polar surface area (TPSA) is 40.6 Å². The van der Waals surface area contributed by atoms with Gasteiger partial charge in [0.1, 0.15) is 6.54 Å². The molecule has 0 saturated carbocycles. The number of hydrogen-bond acceptors (Lipinski definition) is 3. The SMILES string of the molecule is Cc1ccc(CN(Cc2ccccc2)C(=O)CN(C(=O)Cc2ccccc2)C(C)C)s1. The smallest absolute Gasteiger partial charge is 0.242 e. The number of aryl methyl sites for hydroxylation is 1. The lowest BCUT2D eigenvalue weighted by Gasteiger charge is -2.30. The van der Waals surface area contributed by atoms with Gasteiger partial charge >= 0.3 is 0 Å². The third-order valence-corrected chi connectivity index (χ3v) is 6.14. The Morgan fingerprint density at radius 1 is 0.806 bits per heavy atom. The molecule has 2 amide bonds. The highest BCUT2D eigenvalue weighted by Gasteiger charge is 2.24. The number of amides is 2. The van der Waals surface area contributed by atoms with E-state index in [-0.39, 0.29) is 24.4 Å². The maximum atomic E-state index is 13.4. The van der Waals surface area contributed by atoms with Crippen LogP contribution in [-0.2, 0) is 29.1 Å². The molecule has 0 aliphatic rings. The summed E-state index contributed by atoms with van der Waals surface area (Å²) >= 11 is 1.70. The monoisotopic (exact) mass is 434 g/mol. The van der Waals surface area contributed by atoms with Gasteiger partial charge in [0.25, 0.3) is 0 Å². The summed E-state index contributed by atoms with van der Waals surface area (Å²) in [7, 11) is 0. The average Bonchev–Trinajstić information content (AvgIpc) is 3.17. The molecule has 2 aromatic carbocycles. The number of rotatable bonds is 9. The minimum absolute atomic E-state index is 0.0267. The predicted octanol–water partition coefficient (Wildman–Crippen LogP) is 5.07. The Hall–Kier alpha value is -2.92. The zero-order valence-electron chi connectivity index (χ0n) is 18.5. The summed E-state index contributed by atoms with van der Waals surface area (Å²) in [6.07, 6.45) is 0.301. The van der Waals surface area contributed by atoms with Crippen LogP contribution < -0.4 is 0 Å². The van der Waals surface area contributed by atoms with Gasteiger partial charge in [-0.1, -0.05) is 60.7 Å². The van der Waals surface area contributed by atoms with Crippen LogP contribution >= 0.6 is 11.3 Å². The zero-order valence-corrected chi connectivity index (χ0v) is 19.3. The molecule has 0 aliphatic heterocycles. The molecular formula is C26H30N2O2S. The molecule has 0 radical (unpaired) electrons. The maximum Gasteiger partial charge on any atom is 0.242 e. The number of hydrogen-bond donors (Lipinski definition) is 0. The third kappa shape index (κ3) is 6.79. The molecule has 5 heteroatoms. The van der Waals surface area contributed by atoms with Crippen molar-refractivity contribution >= 4 is 23.2 Å². The van der Waals surface area contributed by atoms with E-state index in [9.17, 15) is 9.59 Å². The fourth-order valence-electron chi connectivity index (χ4n) is 3.47. The molecule has 3 rings (SSSR count). The summed E-state index contributed by atoms with van der Waals surface area (Å²) in [5.74, 6) is -0.0637. The quantitative estimate of drug-likeness (QED) is 0.472. The van der Waals surface area contributed by atoms with Gasteiger partial charge in [0.15, 0.2) is 0 Å². The fourth-order valence-corrected chi connectivity index (χ4v) is 4.38. The molecular weight excluding hydrogens is 404 g/mol. The van der Waals surface area contributed by atoms with Gasteiger partial charge in [-0.25, -0.2) is 0 Å². The van der Waals surface area contributed by atoms with Crippen molar-refractivity contribution < 1.29 is 9.59 Å². The molecule has 0 unspecified atom stereocenters. The van der Waals surface area contributed by atoms with Gasteiger partial charge in [0, 0.05) is 22.3 Å². The second-order valence-electron chi connectivity index (χ2n) is 8.03. The van der Waals surface area contributed by atoms with Crippen LogP contribution in [0.15, 0.2) is 72.8 Å². The fraction of sp³-hybridized carbons (Fsp3) is 0.308. The van der Waals surface area contributed by atoms with Crippen molar-refractivity contribution in [2.75, 3.05) is 6.54 Å². The maximum absolute atomic E-state index is 13.4. The standard InChI is InChI=1S/C26H30N2O2S/c1-20(2)28(25(29)16-22-10-6-4-7-11-22)19-26(30)27(17-23-12-8-5-9-13-23)18-24-15-14-21(3)31-24/h4-15,20H,16-19H2,1-3H3. The average molecular weight is 435 g/mol. The molecule has 162 valence electrons. The summed E-state index contributed by atoms with van der Waals surface area (Å²) in [6.45, 7) is 7.14. The van der Waals surface area contributed by atoms with Crippen LogP contribution in [0.4, 0.5) is 0 Å². The second kappa shape index (κ2) is 10.9. The van der Waals surface area contributed by atoms with Crippen molar-refractivity contribution in [1.29, 1.82) is 0 Å². The minimum atomic E-state index is -0.0530. The molecule has 0 N–H and O–H groups in total. The Kier molecular flexibility index (Phi) is 8.01. The van der Waals surface area contributed by atoms with E-state index < -0.39 is 0 Å².